The molecule has 0 N–H and O–H groups in total. The van der Waals surface area contributed by atoms with Gasteiger partial charge in [-0.1, -0.05) is 146 Å². The van der Waals surface area contributed by atoms with E-state index in [1.807, 2.05) is 13.0 Å². The van der Waals surface area contributed by atoms with E-state index in [0.717, 1.165) is 12.0 Å². The van der Waals surface area contributed by atoms with Crippen molar-refractivity contribution >= 4 is 5.78 Å². The van der Waals surface area contributed by atoms with Crippen molar-refractivity contribution in [2.75, 3.05) is 0 Å². The van der Waals surface area contributed by atoms with Crippen LogP contribution in [-0.4, -0.2) is 5.78 Å². The average molecular weight is 509 g/mol. The summed E-state index contributed by atoms with van der Waals surface area (Å²) in [5.41, 5.74) is 5.59. The van der Waals surface area contributed by atoms with Crippen LogP contribution in [0.4, 0.5) is 0 Å². The predicted molar refractivity (Wildman–Crippen MR) is 166 cm³/mol. The Balaban J connectivity index is 2.17. The van der Waals surface area contributed by atoms with E-state index in [4.69, 9.17) is 0 Å². The van der Waals surface area contributed by atoms with E-state index in [1.54, 1.807) is 0 Å². The third-order valence-electron chi connectivity index (χ3n) is 7.94. The summed E-state index contributed by atoms with van der Waals surface area (Å²) < 4.78 is 0. The summed E-state index contributed by atoms with van der Waals surface area (Å²) in [6, 6.07) is 0. The van der Waals surface area contributed by atoms with Crippen LogP contribution in [0.1, 0.15) is 157 Å². The second-order valence-corrected chi connectivity index (χ2v) is 12.2. The Bertz CT molecular complexity index is 783. The molecule has 1 aliphatic rings. The van der Waals surface area contributed by atoms with Crippen LogP contribution < -0.4 is 0 Å². The molecule has 0 spiro atoms. The molecule has 0 saturated heterocycles. The normalized spacial score (nSPS) is 16.9. The van der Waals surface area contributed by atoms with Gasteiger partial charge in [-0.3, -0.25) is 4.79 Å². The van der Waals surface area contributed by atoms with Crippen LogP contribution in [-0.2, 0) is 4.79 Å². The van der Waals surface area contributed by atoms with E-state index in [2.05, 4.69) is 65.0 Å². The zero-order valence-corrected chi connectivity index (χ0v) is 25.6. The highest BCUT2D eigenvalue weighted by molar-refractivity contribution is 5.90. The fourth-order valence-electron chi connectivity index (χ4n) is 5.50. The zero-order valence-electron chi connectivity index (χ0n) is 25.6. The van der Waals surface area contributed by atoms with Gasteiger partial charge in [0, 0.05) is 6.42 Å². The number of unbranched alkanes of at least 4 members (excludes halogenated alkanes) is 13. The van der Waals surface area contributed by atoms with Crippen molar-refractivity contribution in [2.24, 2.45) is 5.41 Å². The van der Waals surface area contributed by atoms with Gasteiger partial charge >= 0.3 is 0 Å². The smallest absolute Gasteiger partial charge is 0.155 e. The van der Waals surface area contributed by atoms with Crippen LogP contribution in [0.3, 0.4) is 0 Å². The average Bonchev–Trinajstić information content (AvgIpc) is 2.83. The predicted octanol–water partition coefficient (Wildman–Crippen LogP) is 12.0. The molecule has 0 unspecified atom stereocenters. The molecule has 1 aliphatic carbocycles. The number of rotatable bonds is 20. The maximum atomic E-state index is 12.3. The lowest BCUT2D eigenvalue weighted by atomic mass is 9.72. The van der Waals surface area contributed by atoms with Crippen molar-refractivity contribution in [3.05, 3.63) is 58.7 Å². The van der Waals surface area contributed by atoms with Gasteiger partial charge < -0.3 is 0 Å². The van der Waals surface area contributed by atoms with Gasteiger partial charge in [-0.2, -0.15) is 0 Å². The molecule has 210 valence electrons. The van der Waals surface area contributed by atoms with Crippen molar-refractivity contribution in [3.8, 4) is 0 Å². The van der Waals surface area contributed by atoms with Crippen LogP contribution >= 0.6 is 0 Å². The molecule has 0 aromatic heterocycles. The van der Waals surface area contributed by atoms with E-state index in [-0.39, 0.29) is 11.2 Å². The quantitative estimate of drug-likeness (QED) is 0.0907. The molecule has 0 fully saturated rings. The van der Waals surface area contributed by atoms with Crippen molar-refractivity contribution in [2.45, 2.75) is 157 Å². The van der Waals surface area contributed by atoms with Gasteiger partial charge in [0.25, 0.3) is 0 Å². The maximum absolute atomic E-state index is 12.3. The summed E-state index contributed by atoms with van der Waals surface area (Å²) in [7, 11) is 0. The minimum Gasteiger partial charge on any atom is -0.295 e. The molecule has 0 amide bonds. The molecule has 0 bridgehead atoms. The van der Waals surface area contributed by atoms with Crippen LogP contribution in [0.15, 0.2) is 58.7 Å². The van der Waals surface area contributed by atoms with E-state index in [9.17, 15) is 4.79 Å². The van der Waals surface area contributed by atoms with Crippen LogP contribution in [0.5, 0.6) is 0 Å². The molecular weight excluding hydrogens is 448 g/mol. The van der Waals surface area contributed by atoms with Crippen LogP contribution in [0.25, 0.3) is 0 Å². The van der Waals surface area contributed by atoms with Gasteiger partial charge in [-0.15, -0.1) is 0 Å². The number of hydrogen-bond donors (Lipinski definition) is 0. The fourth-order valence-corrected chi connectivity index (χ4v) is 5.50. The third kappa shape index (κ3) is 16.7. The number of ketones is 1. The van der Waals surface area contributed by atoms with E-state index < -0.39 is 0 Å². The van der Waals surface area contributed by atoms with E-state index in [1.165, 1.54) is 119 Å². The lowest BCUT2D eigenvalue weighted by molar-refractivity contribution is -0.114. The number of allylic oxidation sites excluding steroid dienone is 10. The summed E-state index contributed by atoms with van der Waals surface area (Å²) in [4.78, 5) is 12.3. The number of carbonyl (C=O) groups is 1. The summed E-state index contributed by atoms with van der Waals surface area (Å²) in [5, 5.41) is 0. The summed E-state index contributed by atoms with van der Waals surface area (Å²) in [6.45, 7) is 13.5. The Hall–Kier alpha value is -1.63. The maximum Gasteiger partial charge on any atom is 0.155 e. The molecule has 1 heteroatoms. The summed E-state index contributed by atoms with van der Waals surface area (Å²) >= 11 is 0. The Kier molecular flexibility index (Phi) is 18.4. The molecule has 0 aliphatic heterocycles. The van der Waals surface area contributed by atoms with Gasteiger partial charge in [0.15, 0.2) is 5.78 Å². The monoisotopic (exact) mass is 508 g/mol. The number of hydrogen-bond acceptors (Lipinski definition) is 1. The Morgan fingerprint density at radius 2 is 1.32 bits per heavy atom. The van der Waals surface area contributed by atoms with Gasteiger partial charge in [0.1, 0.15) is 0 Å². The fraction of sp³-hybridized carbons (Fsp3) is 0.694. The van der Waals surface area contributed by atoms with E-state index in [0.29, 0.717) is 6.42 Å². The first-order valence-electron chi connectivity index (χ1n) is 15.7. The highest BCUT2D eigenvalue weighted by Gasteiger charge is 2.26. The molecule has 0 aromatic rings. The molecule has 0 heterocycles. The molecular formula is C36H60O. The second kappa shape index (κ2) is 20.3. The molecule has 0 atom stereocenters. The lowest BCUT2D eigenvalue weighted by Crippen LogP contribution is -2.19. The van der Waals surface area contributed by atoms with Crippen molar-refractivity contribution in [1.29, 1.82) is 0 Å². The largest absolute Gasteiger partial charge is 0.295 e. The van der Waals surface area contributed by atoms with Crippen molar-refractivity contribution in [3.63, 3.8) is 0 Å². The van der Waals surface area contributed by atoms with Crippen LogP contribution in [0.2, 0.25) is 0 Å². The molecule has 1 rings (SSSR count). The molecule has 0 saturated carbocycles. The van der Waals surface area contributed by atoms with Crippen molar-refractivity contribution < 1.29 is 4.79 Å². The molecule has 37 heavy (non-hydrogen) atoms. The van der Waals surface area contributed by atoms with Crippen molar-refractivity contribution in [1.82, 2.24) is 0 Å². The topological polar surface area (TPSA) is 17.1 Å². The summed E-state index contributed by atoms with van der Waals surface area (Å²) in [6.07, 6.45) is 36.0. The first kappa shape index (κ1) is 33.4. The summed E-state index contributed by atoms with van der Waals surface area (Å²) in [5.74, 6) is 0.267. The van der Waals surface area contributed by atoms with E-state index >= 15 is 0 Å². The van der Waals surface area contributed by atoms with Crippen LogP contribution in [0, 0.1) is 5.41 Å². The Labute approximate surface area is 231 Å². The molecule has 0 radical (unpaired) electrons. The Morgan fingerprint density at radius 1 is 0.784 bits per heavy atom. The molecule has 0 aromatic carbocycles. The lowest BCUT2D eigenvalue weighted by Gasteiger charge is -2.32. The van der Waals surface area contributed by atoms with Gasteiger partial charge in [0.2, 0.25) is 0 Å². The minimum atomic E-state index is 0.267. The standard InChI is InChI=1S/C36H60O/c1-7-8-9-10-11-12-13-14-15-16-17-18-19-20-26-34(37)30-32(3)24-21-23-31(2)27-28-35-33(4)25-22-29-36(35,5)6/h21,23-24,27-28,30H,7-20,22,25-26,29H2,1-6H3. The first-order chi connectivity index (χ1) is 17.8. The zero-order chi connectivity index (χ0) is 27.4. The van der Waals surface area contributed by atoms with Gasteiger partial charge in [-0.25, -0.2) is 0 Å². The first-order valence-corrected chi connectivity index (χ1v) is 15.7. The second-order valence-electron chi connectivity index (χ2n) is 12.2. The third-order valence-corrected chi connectivity index (χ3v) is 7.94. The van der Waals surface area contributed by atoms with Gasteiger partial charge in [0.05, 0.1) is 0 Å². The highest BCUT2D eigenvalue weighted by Crippen LogP contribution is 2.40. The van der Waals surface area contributed by atoms with Gasteiger partial charge in [-0.05, 0) is 69.1 Å². The molecule has 1 nitrogen and oxygen atoms in total. The highest BCUT2D eigenvalue weighted by atomic mass is 16.1. The number of carbonyl (C=O) groups excluding carboxylic acids is 1. The SMILES string of the molecule is CCCCCCCCCCCCCCCCC(=O)C=C(C)C=CC=C(C)C=CC1=C(C)CCCC1(C)C. The Morgan fingerprint density at radius 3 is 1.86 bits per heavy atom. The minimum absolute atomic E-state index is 0.267.